The predicted octanol–water partition coefficient (Wildman–Crippen LogP) is 2.03. The molecule has 1 heterocycles. The van der Waals surface area contributed by atoms with Gasteiger partial charge < -0.3 is 0 Å². The van der Waals surface area contributed by atoms with E-state index in [0.29, 0.717) is 0 Å². The summed E-state index contributed by atoms with van der Waals surface area (Å²) in [4.78, 5) is 0.914. The highest BCUT2D eigenvalue weighted by Gasteiger charge is 2.13. The van der Waals surface area contributed by atoms with Gasteiger partial charge in [-0.25, -0.2) is 0 Å². The van der Waals surface area contributed by atoms with Crippen molar-refractivity contribution in [2.45, 2.75) is 18.1 Å². The molecule has 0 amide bonds. The van der Waals surface area contributed by atoms with E-state index in [2.05, 4.69) is 0 Å². The lowest BCUT2D eigenvalue weighted by molar-refractivity contribution is 0.485. The van der Waals surface area contributed by atoms with E-state index in [9.17, 15) is 8.42 Å². The summed E-state index contributed by atoms with van der Waals surface area (Å²) >= 11 is 1.08. The average Bonchev–Trinajstić information content (AvgIpc) is 2.11. The van der Waals surface area contributed by atoms with Crippen LogP contribution in [0.15, 0.2) is 10.3 Å². The Morgan fingerprint density at radius 2 is 1.92 bits per heavy atom. The molecule has 0 aliphatic rings. The minimum Gasteiger partial charge on any atom is -0.281 e. The number of aryl methyl sites for hydroxylation is 2. The van der Waals surface area contributed by atoms with Crippen molar-refractivity contribution in [2.24, 2.45) is 0 Å². The van der Waals surface area contributed by atoms with E-state index in [4.69, 9.17) is 4.55 Å². The summed E-state index contributed by atoms with van der Waals surface area (Å²) in [6.45, 7) is 3.62. The molecule has 0 unspecified atom stereocenters. The van der Waals surface area contributed by atoms with E-state index >= 15 is 0 Å². The Morgan fingerprint density at radius 1 is 1.42 bits per heavy atom. The van der Waals surface area contributed by atoms with E-state index < -0.39 is 10.1 Å². The molecular weight excluding hydrogens is 220 g/mol. The van der Waals surface area contributed by atoms with Gasteiger partial charge in [0.25, 0.3) is 0 Å². The second-order valence-corrected chi connectivity index (χ2v) is 5.18. The fourth-order valence-electron chi connectivity index (χ4n) is 0.666. The van der Waals surface area contributed by atoms with Gasteiger partial charge in [0.2, 0.25) is 0 Å². The number of thiophene rings is 1. The van der Waals surface area contributed by atoms with Crippen molar-refractivity contribution in [3.63, 3.8) is 0 Å². The summed E-state index contributed by atoms with van der Waals surface area (Å²) in [6.07, 6.45) is 0. The minimum atomic E-state index is -3.99. The molecule has 0 aliphatic heterocycles. The molecular formula is C6H9ClO3S2. The second-order valence-electron chi connectivity index (χ2n) is 2.28. The van der Waals surface area contributed by atoms with Gasteiger partial charge in [0.15, 0.2) is 0 Å². The highest BCUT2D eigenvalue weighted by molar-refractivity contribution is 7.88. The maximum absolute atomic E-state index is 10.6. The van der Waals surface area contributed by atoms with Crippen LogP contribution >= 0.6 is 23.7 Å². The summed E-state index contributed by atoms with van der Waals surface area (Å²) in [5.41, 5.74) is 0.891. The summed E-state index contributed by atoms with van der Waals surface area (Å²) in [5.74, 6) is 0. The van der Waals surface area contributed by atoms with E-state index in [1.807, 2.05) is 6.92 Å². The van der Waals surface area contributed by atoms with Gasteiger partial charge >= 0.3 is 10.1 Å². The molecule has 6 heteroatoms. The van der Waals surface area contributed by atoms with Crippen LogP contribution in [0.1, 0.15) is 10.4 Å². The molecule has 0 bridgehead atoms. The molecule has 0 radical (unpaired) electrons. The van der Waals surface area contributed by atoms with Gasteiger partial charge in [0.1, 0.15) is 4.21 Å². The van der Waals surface area contributed by atoms with E-state index in [0.717, 1.165) is 21.8 Å². The van der Waals surface area contributed by atoms with Gasteiger partial charge in [-0.15, -0.1) is 23.7 Å². The van der Waals surface area contributed by atoms with Crippen LogP contribution in [0, 0.1) is 13.8 Å². The van der Waals surface area contributed by atoms with Crippen LogP contribution in [0.5, 0.6) is 0 Å². The molecule has 0 fully saturated rings. The quantitative estimate of drug-likeness (QED) is 0.749. The van der Waals surface area contributed by atoms with Crippen molar-refractivity contribution in [3.05, 3.63) is 16.5 Å². The van der Waals surface area contributed by atoms with Crippen LogP contribution in [0.4, 0.5) is 0 Å². The van der Waals surface area contributed by atoms with Crippen LogP contribution < -0.4 is 0 Å². The molecule has 0 spiro atoms. The molecule has 0 saturated carbocycles. The highest BCUT2D eigenvalue weighted by Crippen LogP contribution is 2.24. The van der Waals surface area contributed by atoms with Crippen LogP contribution in [0.2, 0.25) is 0 Å². The molecule has 3 nitrogen and oxygen atoms in total. The Morgan fingerprint density at radius 3 is 2.08 bits per heavy atom. The highest BCUT2D eigenvalue weighted by atomic mass is 35.5. The van der Waals surface area contributed by atoms with Crippen molar-refractivity contribution < 1.29 is 13.0 Å². The van der Waals surface area contributed by atoms with Crippen molar-refractivity contribution in [2.75, 3.05) is 0 Å². The monoisotopic (exact) mass is 228 g/mol. The summed E-state index contributed by atoms with van der Waals surface area (Å²) in [5, 5.41) is 0. The molecule has 0 aliphatic carbocycles. The third-order valence-corrected chi connectivity index (χ3v) is 3.85. The zero-order valence-corrected chi connectivity index (χ0v) is 9.02. The maximum Gasteiger partial charge on any atom is 0.304 e. The topological polar surface area (TPSA) is 54.4 Å². The molecule has 1 aromatic rings. The van der Waals surface area contributed by atoms with E-state index in [1.165, 1.54) is 6.07 Å². The number of hydrogen-bond donors (Lipinski definition) is 1. The number of halogens is 1. The zero-order chi connectivity index (χ0) is 8.65. The van der Waals surface area contributed by atoms with Gasteiger partial charge in [0.05, 0.1) is 0 Å². The average molecular weight is 229 g/mol. The Bertz CT molecular complexity index is 347. The number of rotatable bonds is 1. The molecule has 1 aromatic heterocycles. The van der Waals surface area contributed by atoms with Crippen molar-refractivity contribution >= 4 is 33.9 Å². The van der Waals surface area contributed by atoms with E-state index in [-0.39, 0.29) is 16.6 Å². The Hall–Kier alpha value is -0.100. The summed E-state index contributed by atoms with van der Waals surface area (Å²) < 4.78 is 29.8. The molecule has 1 N–H and O–H groups in total. The molecule has 1 rings (SSSR count). The molecule has 0 atom stereocenters. The van der Waals surface area contributed by atoms with Crippen molar-refractivity contribution in [1.29, 1.82) is 0 Å². The molecule has 12 heavy (non-hydrogen) atoms. The van der Waals surface area contributed by atoms with Gasteiger partial charge in [-0.05, 0) is 25.5 Å². The predicted molar refractivity (Wildman–Crippen MR) is 50.9 cm³/mol. The van der Waals surface area contributed by atoms with Crippen molar-refractivity contribution in [1.82, 2.24) is 0 Å². The largest absolute Gasteiger partial charge is 0.304 e. The van der Waals surface area contributed by atoms with Crippen LogP contribution in [0.3, 0.4) is 0 Å². The van der Waals surface area contributed by atoms with Gasteiger partial charge in [-0.2, -0.15) is 8.42 Å². The molecule has 0 saturated heterocycles. The number of hydrogen-bond acceptors (Lipinski definition) is 3. The minimum absolute atomic E-state index is 0. The Kier molecular flexibility index (Phi) is 3.71. The normalized spacial score (nSPS) is 10.9. The Labute approximate surface area is 81.6 Å². The third-order valence-electron chi connectivity index (χ3n) is 1.40. The van der Waals surface area contributed by atoms with Gasteiger partial charge in [0, 0.05) is 4.88 Å². The van der Waals surface area contributed by atoms with Gasteiger partial charge in [-0.3, -0.25) is 4.55 Å². The standard InChI is InChI=1S/C6H8O3S2.ClH/c1-4-3-6(10-5(4)2)11(7,8)9;/h3H,1-2H3,(H,7,8,9);1H. The lowest BCUT2D eigenvalue weighted by atomic mass is 10.3. The maximum atomic E-state index is 10.6. The smallest absolute Gasteiger partial charge is 0.281 e. The van der Waals surface area contributed by atoms with Crippen LogP contribution in [-0.2, 0) is 10.1 Å². The first kappa shape index (κ1) is 11.9. The summed E-state index contributed by atoms with van der Waals surface area (Å²) in [7, 11) is -3.99. The van der Waals surface area contributed by atoms with E-state index in [1.54, 1.807) is 6.92 Å². The fourth-order valence-corrected chi connectivity index (χ4v) is 2.55. The van der Waals surface area contributed by atoms with Crippen molar-refractivity contribution in [3.8, 4) is 0 Å². The Balaban J connectivity index is 0.00000121. The second kappa shape index (κ2) is 3.74. The third kappa shape index (κ3) is 2.45. The van der Waals surface area contributed by atoms with Crippen LogP contribution in [0.25, 0.3) is 0 Å². The zero-order valence-electron chi connectivity index (χ0n) is 6.57. The SMILES string of the molecule is Cc1cc(S(=O)(=O)O)sc1C.Cl. The molecule has 70 valence electrons. The first-order valence-corrected chi connectivity index (χ1v) is 5.21. The lowest BCUT2D eigenvalue weighted by Crippen LogP contribution is -1.93. The lowest BCUT2D eigenvalue weighted by Gasteiger charge is -1.85. The van der Waals surface area contributed by atoms with Gasteiger partial charge in [-0.1, -0.05) is 0 Å². The fraction of sp³-hybridized carbons (Fsp3) is 0.333. The molecule has 0 aromatic carbocycles. The van der Waals surface area contributed by atoms with Crippen LogP contribution in [-0.4, -0.2) is 13.0 Å². The first-order chi connectivity index (χ1) is 4.91. The first-order valence-electron chi connectivity index (χ1n) is 2.96. The summed E-state index contributed by atoms with van der Waals surface area (Å²) in [6, 6.07) is 1.47.